The van der Waals surface area contributed by atoms with E-state index >= 15 is 0 Å². The summed E-state index contributed by atoms with van der Waals surface area (Å²) in [4.78, 5) is 23.8. The van der Waals surface area contributed by atoms with E-state index in [4.69, 9.17) is 4.74 Å². The second-order valence-corrected chi connectivity index (χ2v) is 6.15. The maximum Gasteiger partial charge on any atom is 0.311 e. The monoisotopic (exact) mass is 345 g/mol. The normalized spacial score (nSPS) is 10.1. The minimum atomic E-state index is -0.595. The van der Waals surface area contributed by atoms with Crippen molar-refractivity contribution in [2.24, 2.45) is 0 Å². The first kappa shape index (κ1) is 17.4. The van der Waals surface area contributed by atoms with Crippen molar-refractivity contribution >= 4 is 27.9 Å². The van der Waals surface area contributed by atoms with Gasteiger partial charge < -0.3 is 10.1 Å². The number of carbonyl (C=O) groups is 1. The van der Waals surface area contributed by atoms with Crippen molar-refractivity contribution in [2.45, 2.75) is 20.8 Å². The van der Waals surface area contributed by atoms with Crippen molar-refractivity contribution in [1.29, 1.82) is 5.26 Å². The van der Waals surface area contributed by atoms with E-state index in [0.717, 1.165) is 10.4 Å². The Hall–Kier alpha value is -2.92. The van der Waals surface area contributed by atoms with Gasteiger partial charge in [-0.2, -0.15) is 5.26 Å². The van der Waals surface area contributed by atoms with E-state index in [1.54, 1.807) is 6.92 Å². The van der Waals surface area contributed by atoms with Gasteiger partial charge in [0.1, 0.15) is 11.1 Å². The highest BCUT2D eigenvalue weighted by Crippen LogP contribution is 2.33. The summed E-state index contributed by atoms with van der Waals surface area (Å²) in [6.07, 6.45) is 0. The molecule has 1 aromatic carbocycles. The van der Waals surface area contributed by atoms with E-state index in [-0.39, 0.29) is 23.6 Å². The molecule has 1 heterocycles. The minimum absolute atomic E-state index is 0.111. The largest absolute Gasteiger partial charge is 0.487 e. The van der Waals surface area contributed by atoms with E-state index in [9.17, 15) is 20.2 Å². The number of thiophene rings is 1. The maximum atomic E-state index is 12.4. The Morgan fingerprint density at radius 2 is 2.17 bits per heavy atom. The Labute approximate surface area is 142 Å². The molecule has 0 radical (unpaired) electrons. The fourth-order valence-corrected chi connectivity index (χ4v) is 3.11. The summed E-state index contributed by atoms with van der Waals surface area (Å²) in [6, 6.07) is 6.08. The van der Waals surface area contributed by atoms with Gasteiger partial charge in [0.05, 0.1) is 17.1 Å². The molecule has 2 aromatic rings. The fraction of sp³-hybridized carbons (Fsp3) is 0.250. The van der Waals surface area contributed by atoms with Gasteiger partial charge in [0.25, 0.3) is 5.91 Å². The van der Waals surface area contributed by atoms with Crippen LogP contribution in [0.2, 0.25) is 0 Å². The molecule has 0 aliphatic heterocycles. The van der Waals surface area contributed by atoms with Gasteiger partial charge in [-0.15, -0.1) is 11.3 Å². The molecule has 0 spiro atoms. The molecular weight excluding hydrogens is 330 g/mol. The topological polar surface area (TPSA) is 105 Å². The first-order valence-electron chi connectivity index (χ1n) is 7.11. The first-order chi connectivity index (χ1) is 11.4. The smallest absolute Gasteiger partial charge is 0.311 e. The number of hydrogen-bond donors (Lipinski definition) is 1. The molecule has 0 saturated carbocycles. The molecule has 0 bridgehead atoms. The summed E-state index contributed by atoms with van der Waals surface area (Å²) in [6.45, 7) is 5.67. The SMILES string of the molecule is CCOc1ccc(C(=O)Nc2sc(C)c(C)c2C#N)cc1[N+](=O)[O-]. The quantitative estimate of drug-likeness (QED) is 0.655. The van der Waals surface area contributed by atoms with Crippen LogP contribution in [0.5, 0.6) is 5.75 Å². The lowest BCUT2D eigenvalue weighted by Gasteiger charge is -2.07. The number of nitrogens with one attached hydrogen (secondary N) is 1. The molecule has 0 aliphatic carbocycles. The lowest BCUT2D eigenvalue weighted by Crippen LogP contribution is -2.12. The number of nitriles is 1. The summed E-state index contributed by atoms with van der Waals surface area (Å²) in [7, 11) is 0. The molecule has 0 saturated heterocycles. The average molecular weight is 345 g/mol. The number of benzene rings is 1. The second kappa shape index (κ2) is 7.10. The third-order valence-electron chi connectivity index (χ3n) is 3.44. The molecule has 0 aliphatic rings. The van der Waals surface area contributed by atoms with Crippen molar-refractivity contribution in [3.63, 3.8) is 0 Å². The number of anilines is 1. The van der Waals surface area contributed by atoms with E-state index in [2.05, 4.69) is 11.4 Å². The maximum absolute atomic E-state index is 12.4. The summed E-state index contributed by atoms with van der Waals surface area (Å²) >= 11 is 1.30. The molecular formula is C16H15N3O4S. The molecule has 1 N–H and O–H groups in total. The highest BCUT2D eigenvalue weighted by Gasteiger charge is 2.20. The molecule has 1 aromatic heterocycles. The van der Waals surface area contributed by atoms with Gasteiger partial charge in [0.2, 0.25) is 0 Å². The molecule has 0 atom stereocenters. The lowest BCUT2D eigenvalue weighted by atomic mass is 10.1. The average Bonchev–Trinajstić information content (AvgIpc) is 2.81. The number of nitrogens with zero attached hydrogens (tertiary/aromatic N) is 2. The summed E-state index contributed by atoms with van der Waals surface area (Å²) in [5.41, 5.74) is 1.07. The highest BCUT2D eigenvalue weighted by atomic mass is 32.1. The molecule has 24 heavy (non-hydrogen) atoms. The number of aryl methyl sites for hydroxylation is 1. The first-order valence-corrected chi connectivity index (χ1v) is 7.93. The lowest BCUT2D eigenvalue weighted by molar-refractivity contribution is -0.385. The molecule has 0 unspecified atom stereocenters. The van der Waals surface area contributed by atoms with E-state index < -0.39 is 10.8 Å². The third kappa shape index (κ3) is 3.36. The van der Waals surface area contributed by atoms with Crippen LogP contribution in [0.25, 0.3) is 0 Å². The van der Waals surface area contributed by atoms with Crippen molar-refractivity contribution < 1.29 is 14.5 Å². The van der Waals surface area contributed by atoms with Crippen LogP contribution >= 0.6 is 11.3 Å². The number of rotatable bonds is 5. The zero-order valence-corrected chi connectivity index (χ0v) is 14.2. The predicted octanol–water partition coefficient (Wildman–Crippen LogP) is 3.80. The van der Waals surface area contributed by atoms with Crippen LogP contribution in [0.15, 0.2) is 18.2 Å². The van der Waals surface area contributed by atoms with Crippen LogP contribution in [0.1, 0.15) is 33.3 Å². The van der Waals surface area contributed by atoms with E-state index in [1.165, 1.54) is 29.5 Å². The second-order valence-electron chi connectivity index (χ2n) is 4.93. The van der Waals surface area contributed by atoms with E-state index in [1.807, 2.05) is 13.8 Å². The van der Waals surface area contributed by atoms with Gasteiger partial charge in [-0.25, -0.2) is 0 Å². The molecule has 7 nitrogen and oxygen atoms in total. The number of nitro benzene ring substituents is 1. The standard InChI is InChI=1S/C16H15N3O4S/c1-4-23-14-6-5-11(7-13(14)19(21)22)15(20)18-16-12(8-17)9(2)10(3)24-16/h5-7H,4H2,1-3H3,(H,18,20). The van der Waals surface area contributed by atoms with Gasteiger partial charge in [-0.05, 0) is 38.5 Å². The Balaban J connectivity index is 2.34. The summed E-state index contributed by atoms with van der Waals surface area (Å²) in [5, 5.41) is 23.4. The zero-order chi connectivity index (χ0) is 17.9. The van der Waals surface area contributed by atoms with Gasteiger partial charge >= 0.3 is 5.69 Å². The van der Waals surface area contributed by atoms with Gasteiger partial charge in [-0.3, -0.25) is 14.9 Å². The Morgan fingerprint density at radius 3 is 2.75 bits per heavy atom. The Bertz CT molecular complexity index is 852. The van der Waals surface area contributed by atoms with Crippen LogP contribution in [-0.2, 0) is 0 Å². The van der Waals surface area contributed by atoms with Crippen LogP contribution in [0.3, 0.4) is 0 Å². The fourth-order valence-electron chi connectivity index (χ4n) is 2.10. The van der Waals surface area contributed by atoms with Crippen molar-refractivity contribution in [1.82, 2.24) is 0 Å². The summed E-state index contributed by atoms with van der Waals surface area (Å²) in [5.74, 6) is -0.404. The van der Waals surface area contributed by atoms with Crippen LogP contribution < -0.4 is 10.1 Å². The minimum Gasteiger partial charge on any atom is -0.487 e. The molecule has 0 fully saturated rings. The van der Waals surface area contributed by atoms with E-state index in [0.29, 0.717) is 10.6 Å². The number of amides is 1. The molecule has 8 heteroatoms. The van der Waals surface area contributed by atoms with Crippen molar-refractivity contribution in [3.8, 4) is 11.8 Å². The number of hydrogen-bond acceptors (Lipinski definition) is 6. The zero-order valence-electron chi connectivity index (χ0n) is 13.4. The van der Waals surface area contributed by atoms with Crippen molar-refractivity contribution in [3.05, 3.63) is 49.9 Å². The molecule has 2 rings (SSSR count). The van der Waals surface area contributed by atoms with Crippen LogP contribution in [-0.4, -0.2) is 17.4 Å². The number of nitro groups is 1. The van der Waals surface area contributed by atoms with Gasteiger partial charge in [-0.1, -0.05) is 0 Å². The van der Waals surface area contributed by atoms with Crippen molar-refractivity contribution in [2.75, 3.05) is 11.9 Å². The van der Waals surface area contributed by atoms with Gasteiger partial charge in [0.15, 0.2) is 5.75 Å². The van der Waals surface area contributed by atoms with Crippen LogP contribution in [0, 0.1) is 35.3 Å². The summed E-state index contributed by atoms with van der Waals surface area (Å²) < 4.78 is 5.19. The molecule has 124 valence electrons. The highest BCUT2D eigenvalue weighted by molar-refractivity contribution is 7.16. The van der Waals surface area contributed by atoms with Crippen LogP contribution in [0.4, 0.5) is 10.7 Å². The predicted molar refractivity (Wildman–Crippen MR) is 90.7 cm³/mol. The molecule has 1 amide bonds. The van der Waals surface area contributed by atoms with Gasteiger partial charge in [0, 0.05) is 16.5 Å². The Morgan fingerprint density at radius 1 is 1.46 bits per heavy atom. The number of ether oxygens (including phenoxy) is 1. The Kier molecular flexibility index (Phi) is 5.16. The third-order valence-corrected chi connectivity index (χ3v) is 4.56. The number of carbonyl (C=O) groups excluding carboxylic acids is 1.